The second-order valence-electron chi connectivity index (χ2n) is 5.70. The van der Waals surface area contributed by atoms with E-state index in [1.807, 2.05) is 0 Å². The Kier molecular flexibility index (Phi) is 5.08. The molecule has 2 heterocycles. The highest BCUT2D eigenvalue weighted by atomic mass is 16.5. The second-order valence-corrected chi connectivity index (χ2v) is 5.70. The van der Waals surface area contributed by atoms with Crippen LogP contribution in [0.4, 0.5) is 0 Å². The van der Waals surface area contributed by atoms with Crippen LogP contribution in [0.5, 0.6) is 11.5 Å². The van der Waals surface area contributed by atoms with Crippen LogP contribution in [0.3, 0.4) is 0 Å². The van der Waals surface area contributed by atoms with Crippen molar-refractivity contribution in [3.05, 3.63) is 54.4 Å². The standard InChI is InChI=1S/C18H20N2O4/c1-23-17-10-14(12-21)20(11-17)18(22)13-3-2-4-16(9-13)24-15-5-7-19-8-6-15/h2-9,14,17,21H,10-12H2,1H3/t14-,17+/m0/s1. The van der Waals surface area contributed by atoms with Gasteiger partial charge in [-0.1, -0.05) is 6.07 Å². The van der Waals surface area contributed by atoms with E-state index in [9.17, 15) is 9.90 Å². The van der Waals surface area contributed by atoms with E-state index in [1.165, 1.54) is 0 Å². The lowest BCUT2D eigenvalue weighted by Gasteiger charge is -2.23. The topological polar surface area (TPSA) is 71.9 Å². The summed E-state index contributed by atoms with van der Waals surface area (Å²) in [4.78, 5) is 18.4. The van der Waals surface area contributed by atoms with Gasteiger partial charge in [0.05, 0.1) is 18.8 Å². The average molecular weight is 328 g/mol. The van der Waals surface area contributed by atoms with Crippen LogP contribution >= 0.6 is 0 Å². The lowest BCUT2D eigenvalue weighted by atomic mass is 10.1. The lowest BCUT2D eigenvalue weighted by Crippen LogP contribution is -2.38. The zero-order valence-corrected chi connectivity index (χ0v) is 13.5. The Labute approximate surface area is 140 Å². The first-order valence-electron chi connectivity index (χ1n) is 7.84. The van der Waals surface area contributed by atoms with Crippen molar-refractivity contribution in [1.82, 2.24) is 9.88 Å². The molecule has 0 aliphatic carbocycles. The van der Waals surface area contributed by atoms with Gasteiger partial charge in [0.25, 0.3) is 5.91 Å². The van der Waals surface area contributed by atoms with Crippen molar-refractivity contribution in [2.24, 2.45) is 0 Å². The number of aromatic nitrogens is 1. The molecule has 1 fully saturated rings. The summed E-state index contributed by atoms with van der Waals surface area (Å²) in [6, 6.07) is 10.3. The smallest absolute Gasteiger partial charge is 0.254 e. The Morgan fingerprint density at radius 1 is 1.29 bits per heavy atom. The highest BCUT2D eigenvalue weighted by Crippen LogP contribution is 2.25. The number of carbonyl (C=O) groups is 1. The Morgan fingerprint density at radius 3 is 2.79 bits per heavy atom. The van der Waals surface area contributed by atoms with E-state index in [1.54, 1.807) is 60.8 Å². The molecule has 0 saturated carbocycles. The quantitative estimate of drug-likeness (QED) is 0.910. The van der Waals surface area contributed by atoms with Gasteiger partial charge in [-0.15, -0.1) is 0 Å². The SMILES string of the molecule is CO[C@@H]1C[C@@H](CO)N(C(=O)c2cccc(Oc3ccncc3)c2)C1. The summed E-state index contributed by atoms with van der Waals surface area (Å²) in [5.74, 6) is 1.10. The third kappa shape index (κ3) is 3.55. The molecule has 1 amide bonds. The first-order chi connectivity index (χ1) is 11.7. The molecule has 126 valence electrons. The molecule has 0 bridgehead atoms. The van der Waals surface area contributed by atoms with Crippen LogP contribution in [0.2, 0.25) is 0 Å². The van der Waals surface area contributed by atoms with Gasteiger partial charge in [0.2, 0.25) is 0 Å². The minimum atomic E-state index is -0.216. The predicted molar refractivity (Wildman–Crippen MR) is 88.1 cm³/mol. The van der Waals surface area contributed by atoms with Gasteiger partial charge < -0.3 is 19.5 Å². The maximum Gasteiger partial charge on any atom is 0.254 e. The van der Waals surface area contributed by atoms with Gasteiger partial charge in [0.15, 0.2) is 0 Å². The second kappa shape index (κ2) is 7.42. The molecule has 2 aromatic rings. The monoisotopic (exact) mass is 328 g/mol. The summed E-state index contributed by atoms with van der Waals surface area (Å²) in [5.41, 5.74) is 0.525. The van der Waals surface area contributed by atoms with Crippen molar-refractivity contribution in [3.8, 4) is 11.5 Å². The van der Waals surface area contributed by atoms with Crippen molar-refractivity contribution in [1.29, 1.82) is 0 Å². The number of aliphatic hydroxyl groups is 1. The van der Waals surface area contributed by atoms with E-state index in [0.29, 0.717) is 30.0 Å². The number of ether oxygens (including phenoxy) is 2. The van der Waals surface area contributed by atoms with Gasteiger partial charge >= 0.3 is 0 Å². The number of amides is 1. The van der Waals surface area contributed by atoms with E-state index in [4.69, 9.17) is 9.47 Å². The molecule has 1 aromatic carbocycles. The lowest BCUT2D eigenvalue weighted by molar-refractivity contribution is 0.0647. The molecule has 6 nitrogen and oxygen atoms in total. The van der Waals surface area contributed by atoms with Crippen LogP contribution < -0.4 is 4.74 Å². The van der Waals surface area contributed by atoms with Gasteiger partial charge in [-0.25, -0.2) is 0 Å². The Balaban J connectivity index is 1.77. The fraction of sp³-hybridized carbons (Fsp3) is 0.333. The van der Waals surface area contributed by atoms with Crippen molar-refractivity contribution < 1.29 is 19.4 Å². The Bertz CT molecular complexity index is 692. The van der Waals surface area contributed by atoms with Crippen LogP contribution in [0.1, 0.15) is 16.8 Å². The Morgan fingerprint density at radius 2 is 2.08 bits per heavy atom. The van der Waals surface area contributed by atoms with Gasteiger partial charge in [-0.3, -0.25) is 9.78 Å². The zero-order chi connectivity index (χ0) is 16.9. The van der Waals surface area contributed by atoms with Crippen LogP contribution in [-0.2, 0) is 4.74 Å². The molecule has 0 spiro atoms. The molecule has 2 atom stereocenters. The van der Waals surface area contributed by atoms with Gasteiger partial charge in [0, 0.05) is 31.6 Å². The van der Waals surface area contributed by atoms with Crippen molar-refractivity contribution in [2.45, 2.75) is 18.6 Å². The molecule has 0 unspecified atom stereocenters. The van der Waals surface area contributed by atoms with Crippen molar-refractivity contribution in [3.63, 3.8) is 0 Å². The van der Waals surface area contributed by atoms with E-state index >= 15 is 0 Å². The van der Waals surface area contributed by atoms with Crippen LogP contribution in [0.25, 0.3) is 0 Å². The number of hydrogen-bond acceptors (Lipinski definition) is 5. The van der Waals surface area contributed by atoms with Gasteiger partial charge in [-0.2, -0.15) is 0 Å². The number of benzene rings is 1. The number of likely N-dealkylation sites (tertiary alicyclic amines) is 1. The van der Waals surface area contributed by atoms with Gasteiger partial charge in [-0.05, 0) is 36.8 Å². The minimum Gasteiger partial charge on any atom is -0.457 e. The fourth-order valence-electron chi connectivity index (χ4n) is 2.87. The normalized spacial score (nSPS) is 20.2. The first kappa shape index (κ1) is 16.4. The fourth-order valence-corrected chi connectivity index (χ4v) is 2.87. The summed E-state index contributed by atoms with van der Waals surface area (Å²) >= 11 is 0. The maximum absolute atomic E-state index is 12.8. The van der Waals surface area contributed by atoms with Crippen LogP contribution in [0.15, 0.2) is 48.8 Å². The minimum absolute atomic E-state index is 0.0395. The molecule has 1 aromatic heterocycles. The molecular formula is C18H20N2O4. The molecule has 1 saturated heterocycles. The summed E-state index contributed by atoms with van der Waals surface area (Å²) in [6.45, 7) is 0.412. The molecule has 0 radical (unpaired) electrons. The maximum atomic E-state index is 12.8. The number of nitrogens with zero attached hydrogens (tertiary/aromatic N) is 2. The molecule has 1 aliphatic rings. The van der Waals surface area contributed by atoms with Crippen LogP contribution in [0, 0.1) is 0 Å². The van der Waals surface area contributed by atoms with E-state index in [2.05, 4.69) is 4.98 Å². The largest absolute Gasteiger partial charge is 0.457 e. The van der Waals surface area contributed by atoms with E-state index in [0.717, 1.165) is 0 Å². The molecule has 3 rings (SSSR count). The number of methoxy groups -OCH3 is 1. The zero-order valence-electron chi connectivity index (χ0n) is 13.5. The Hall–Kier alpha value is -2.44. The average Bonchev–Trinajstić information content (AvgIpc) is 3.05. The third-order valence-corrected chi connectivity index (χ3v) is 4.15. The predicted octanol–water partition coefficient (Wildman–Crippen LogP) is 2.10. The first-order valence-corrected chi connectivity index (χ1v) is 7.84. The number of carbonyl (C=O) groups excluding carboxylic acids is 1. The molecule has 1 N–H and O–H groups in total. The van der Waals surface area contributed by atoms with E-state index in [-0.39, 0.29) is 24.7 Å². The van der Waals surface area contributed by atoms with Crippen molar-refractivity contribution >= 4 is 5.91 Å². The van der Waals surface area contributed by atoms with Crippen molar-refractivity contribution in [2.75, 3.05) is 20.3 Å². The van der Waals surface area contributed by atoms with E-state index < -0.39 is 0 Å². The van der Waals surface area contributed by atoms with Crippen LogP contribution in [-0.4, -0.2) is 53.3 Å². The summed E-state index contributed by atoms with van der Waals surface area (Å²) in [7, 11) is 1.62. The highest BCUT2D eigenvalue weighted by Gasteiger charge is 2.35. The molecule has 1 aliphatic heterocycles. The number of hydrogen-bond donors (Lipinski definition) is 1. The third-order valence-electron chi connectivity index (χ3n) is 4.15. The summed E-state index contributed by atoms with van der Waals surface area (Å²) in [6.07, 6.45) is 3.89. The summed E-state index contributed by atoms with van der Waals surface area (Å²) in [5, 5.41) is 9.51. The number of aliphatic hydroxyl groups excluding tert-OH is 1. The van der Waals surface area contributed by atoms with Gasteiger partial charge in [0.1, 0.15) is 11.5 Å². The summed E-state index contributed by atoms with van der Waals surface area (Å²) < 4.78 is 11.1. The molecule has 24 heavy (non-hydrogen) atoms. The highest BCUT2D eigenvalue weighted by molar-refractivity contribution is 5.95. The molecule has 6 heteroatoms. The molecular weight excluding hydrogens is 308 g/mol. The number of pyridine rings is 1. The number of rotatable bonds is 5.